The maximum Gasteiger partial charge on any atom is 0.0124 e. The van der Waals surface area contributed by atoms with Gasteiger partial charge in [-0.2, -0.15) is 0 Å². The quantitative estimate of drug-likeness (QED) is 0.660. The number of hydrogen-bond donors (Lipinski definition) is 1. The summed E-state index contributed by atoms with van der Waals surface area (Å²) in [7, 11) is 0. The second kappa shape index (κ2) is 5.31. The molecule has 0 atom stereocenters. The molecular weight excluding hydrogens is 184 g/mol. The minimum Gasteiger partial charge on any atom is -0.312 e. The molecule has 2 aliphatic carbocycles. The van der Waals surface area contributed by atoms with Crippen molar-refractivity contribution in [3.8, 4) is 0 Å². The first-order chi connectivity index (χ1) is 7.35. The van der Waals surface area contributed by atoms with E-state index in [1.807, 2.05) is 0 Å². The van der Waals surface area contributed by atoms with E-state index in [2.05, 4.69) is 24.1 Å². The third-order valence-corrected chi connectivity index (χ3v) is 3.96. The normalized spacial score (nSPS) is 21.6. The van der Waals surface area contributed by atoms with Crippen molar-refractivity contribution in [3.63, 3.8) is 0 Å². The summed E-state index contributed by atoms with van der Waals surface area (Å²) in [5.74, 6) is 2.07. The molecule has 2 heteroatoms. The van der Waals surface area contributed by atoms with Crippen LogP contribution < -0.4 is 5.32 Å². The Morgan fingerprint density at radius 3 is 2.00 bits per heavy atom. The minimum absolute atomic E-state index is 0.876. The maximum atomic E-state index is 3.80. The predicted molar refractivity (Wildman–Crippen MR) is 65.0 cm³/mol. The van der Waals surface area contributed by atoms with Gasteiger partial charge in [0.05, 0.1) is 0 Å². The number of nitrogens with zero attached hydrogens (tertiary/aromatic N) is 1. The molecule has 2 aliphatic rings. The van der Waals surface area contributed by atoms with Crippen LogP contribution in [0.2, 0.25) is 0 Å². The second-order valence-electron chi connectivity index (χ2n) is 5.18. The van der Waals surface area contributed by atoms with Gasteiger partial charge in [0.15, 0.2) is 0 Å². The van der Waals surface area contributed by atoms with Gasteiger partial charge in [-0.25, -0.2) is 0 Å². The molecule has 0 bridgehead atoms. The van der Waals surface area contributed by atoms with E-state index in [1.54, 1.807) is 0 Å². The molecule has 0 unspecified atom stereocenters. The fraction of sp³-hybridized carbons (Fsp3) is 1.00. The maximum absolute atomic E-state index is 3.80. The van der Waals surface area contributed by atoms with Gasteiger partial charge in [0.2, 0.25) is 0 Å². The van der Waals surface area contributed by atoms with Crippen molar-refractivity contribution in [1.29, 1.82) is 0 Å². The zero-order valence-corrected chi connectivity index (χ0v) is 10.3. The van der Waals surface area contributed by atoms with Crippen molar-refractivity contribution in [2.45, 2.75) is 45.6 Å². The van der Waals surface area contributed by atoms with E-state index in [0.717, 1.165) is 17.9 Å². The molecule has 2 rings (SSSR count). The Morgan fingerprint density at radius 1 is 1.07 bits per heavy atom. The summed E-state index contributed by atoms with van der Waals surface area (Å²) in [5.41, 5.74) is 0. The third kappa shape index (κ3) is 3.46. The van der Waals surface area contributed by atoms with Gasteiger partial charge in [0.25, 0.3) is 0 Å². The summed E-state index contributed by atoms with van der Waals surface area (Å²) in [4.78, 5) is 2.50. The molecule has 2 saturated carbocycles. The Morgan fingerprint density at radius 2 is 1.60 bits per heavy atom. The molecule has 0 heterocycles. The fourth-order valence-electron chi connectivity index (χ4n) is 2.56. The summed E-state index contributed by atoms with van der Waals surface area (Å²) in [5, 5.41) is 3.80. The Balaban J connectivity index is 1.62. The Kier molecular flexibility index (Phi) is 4.04. The second-order valence-corrected chi connectivity index (χ2v) is 5.18. The number of likely N-dealkylation sites (N-methyl/N-ethyl adjacent to an activating group) is 1. The van der Waals surface area contributed by atoms with Crippen LogP contribution in [-0.2, 0) is 0 Å². The number of nitrogens with one attached hydrogen (secondary N) is 1. The molecule has 15 heavy (non-hydrogen) atoms. The van der Waals surface area contributed by atoms with E-state index < -0.39 is 0 Å². The summed E-state index contributed by atoms with van der Waals surface area (Å²) >= 11 is 0. The highest BCUT2D eigenvalue weighted by molar-refractivity contribution is 4.96. The lowest BCUT2D eigenvalue weighted by molar-refractivity contribution is 0.288. The summed E-state index contributed by atoms with van der Waals surface area (Å²) < 4.78 is 0. The predicted octanol–water partition coefficient (Wildman–Crippen LogP) is 2.11. The zero-order valence-electron chi connectivity index (χ0n) is 10.3. The van der Waals surface area contributed by atoms with Crippen molar-refractivity contribution in [3.05, 3.63) is 0 Å². The van der Waals surface area contributed by atoms with E-state index in [4.69, 9.17) is 0 Å². The van der Waals surface area contributed by atoms with Crippen molar-refractivity contribution in [2.24, 2.45) is 11.8 Å². The van der Waals surface area contributed by atoms with E-state index in [9.17, 15) is 0 Å². The first kappa shape index (κ1) is 11.4. The fourth-order valence-corrected chi connectivity index (χ4v) is 2.56. The highest BCUT2D eigenvalue weighted by Gasteiger charge is 2.40. The molecule has 0 amide bonds. The lowest BCUT2D eigenvalue weighted by atomic mass is 10.1. The molecule has 88 valence electrons. The summed E-state index contributed by atoms with van der Waals surface area (Å²) in [6.07, 6.45) is 5.94. The van der Waals surface area contributed by atoms with Crippen molar-refractivity contribution in [1.82, 2.24) is 10.2 Å². The number of hydrogen-bond acceptors (Lipinski definition) is 2. The van der Waals surface area contributed by atoms with Crippen LogP contribution in [0.15, 0.2) is 0 Å². The van der Waals surface area contributed by atoms with Gasteiger partial charge in [-0.15, -0.1) is 0 Å². The molecule has 2 nitrogen and oxygen atoms in total. The van der Waals surface area contributed by atoms with Gasteiger partial charge in [-0.3, -0.25) is 0 Å². The third-order valence-electron chi connectivity index (χ3n) is 3.96. The van der Waals surface area contributed by atoms with Crippen LogP contribution in [0.4, 0.5) is 0 Å². The first-order valence-corrected chi connectivity index (χ1v) is 6.80. The summed E-state index contributed by atoms with van der Waals surface area (Å²) in [6.45, 7) is 9.30. The zero-order chi connectivity index (χ0) is 10.7. The number of rotatable bonds is 8. The summed E-state index contributed by atoms with van der Waals surface area (Å²) in [6, 6.07) is 0.876. The molecule has 0 saturated heterocycles. The molecule has 0 aromatic rings. The van der Waals surface area contributed by atoms with E-state index in [-0.39, 0.29) is 0 Å². The average Bonchev–Trinajstić information content (AvgIpc) is 3.12. The molecule has 0 spiro atoms. The smallest absolute Gasteiger partial charge is 0.0124 e. The van der Waals surface area contributed by atoms with Crippen LogP contribution in [0.3, 0.4) is 0 Å². The van der Waals surface area contributed by atoms with Gasteiger partial charge in [-0.05, 0) is 50.6 Å². The van der Waals surface area contributed by atoms with Gasteiger partial charge >= 0.3 is 0 Å². The molecule has 0 aromatic heterocycles. The van der Waals surface area contributed by atoms with E-state index >= 15 is 0 Å². The average molecular weight is 210 g/mol. The Hall–Kier alpha value is -0.0800. The monoisotopic (exact) mass is 210 g/mol. The van der Waals surface area contributed by atoms with Gasteiger partial charge in [0, 0.05) is 19.1 Å². The largest absolute Gasteiger partial charge is 0.312 e. The molecular formula is C13H26N2. The van der Waals surface area contributed by atoms with Crippen LogP contribution in [0, 0.1) is 11.8 Å². The highest BCUT2D eigenvalue weighted by atomic mass is 15.1. The Bertz CT molecular complexity index is 169. The first-order valence-electron chi connectivity index (χ1n) is 6.80. The minimum atomic E-state index is 0.876. The highest BCUT2D eigenvalue weighted by Crippen LogP contribution is 2.44. The molecule has 0 aromatic carbocycles. The lowest BCUT2D eigenvalue weighted by Crippen LogP contribution is -2.39. The van der Waals surface area contributed by atoms with E-state index in [0.29, 0.717) is 0 Å². The van der Waals surface area contributed by atoms with Crippen molar-refractivity contribution in [2.75, 3.05) is 26.2 Å². The Labute approximate surface area is 94.4 Å². The molecule has 0 radical (unpaired) electrons. The van der Waals surface area contributed by atoms with E-state index in [1.165, 1.54) is 51.9 Å². The van der Waals surface area contributed by atoms with Crippen LogP contribution in [0.1, 0.15) is 39.5 Å². The topological polar surface area (TPSA) is 15.3 Å². The lowest BCUT2D eigenvalue weighted by Gasteiger charge is -2.22. The van der Waals surface area contributed by atoms with Crippen molar-refractivity contribution >= 4 is 0 Å². The molecule has 1 N–H and O–H groups in total. The van der Waals surface area contributed by atoms with Crippen LogP contribution in [0.5, 0.6) is 0 Å². The van der Waals surface area contributed by atoms with Gasteiger partial charge in [-0.1, -0.05) is 13.8 Å². The SMILES string of the molecule is CCN(CC)CCNC(C1CC1)C1CC1. The van der Waals surface area contributed by atoms with Crippen LogP contribution in [0.25, 0.3) is 0 Å². The standard InChI is InChI=1S/C13H26N2/c1-3-15(4-2)10-9-14-13(11-5-6-11)12-7-8-12/h11-14H,3-10H2,1-2H3. The van der Waals surface area contributed by atoms with Gasteiger partial charge < -0.3 is 10.2 Å². The molecule has 0 aliphatic heterocycles. The van der Waals surface area contributed by atoms with Crippen LogP contribution >= 0.6 is 0 Å². The molecule has 2 fully saturated rings. The van der Waals surface area contributed by atoms with Crippen molar-refractivity contribution < 1.29 is 0 Å². The van der Waals surface area contributed by atoms with Crippen LogP contribution in [-0.4, -0.2) is 37.1 Å². The van der Waals surface area contributed by atoms with Gasteiger partial charge in [0.1, 0.15) is 0 Å².